The number of hydrogen-bond donors (Lipinski definition) is 4. The van der Waals surface area contributed by atoms with Crippen LogP contribution in [0.5, 0.6) is 0 Å². The lowest BCUT2D eigenvalue weighted by molar-refractivity contribution is -0.0218. The van der Waals surface area contributed by atoms with E-state index >= 15 is 0 Å². The minimum Gasteiger partial charge on any atom is -0.394 e. The highest BCUT2D eigenvalue weighted by Crippen LogP contribution is 2.20. The van der Waals surface area contributed by atoms with Crippen LogP contribution < -0.4 is 5.32 Å². The molecule has 0 aliphatic carbocycles. The van der Waals surface area contributed by atoms with Gasteiger partial charge in [-0.2, -0.15) is 0 Å². The molecule has 5 heteroatoms. The molecule has 1 heterocycles. The van der Waals surface area contributed by atoms with E-state index in [0.29, 0.717) is 6.54 Å². The average molecular weight is 295 g/mol. The van der Waals surface area contributed by atoms with Crippen molar-refractivity contribution >= 4 is 0 Å². The van der Waals surface area contributed by atoms with Gasteiger partial charge in [0.1, 0.15) is 18.3 Å². The molecule has 0 bridgehead atoms. The van der Waals surface area contributed by atoms with Crippen LogP contribution in [0.25, 0.3) is 0 Å². The van der Waals surface area contributed by atoms with Crippen molar-refractivity contribution in [2.24, 2.45) is 0 Å². The Kier molecular flexibility index (Phi) is 6.14. The first-order valence-electron chi connectivity index (χ1n) is 7.51. The van der Waals surface area contributed by atoms with E-state index in [1.165, 1.54) is 5.56 Å². The maximum absolute atomic E-state index is 9.85. The summed E-state index contributed by atoms with van der Waals surface area (Å²) in [7, 11) is 0. The Labute approximate surface area is 125 Å². The Morgan fingerprint density at radius 2 is 1.81 bits per heavy atom. The van der Waals surface area contributed by atoms with Gasteiger partial charge < -0.3 is 25.4 Å². The second-order valence-corrected chi connectivity index (χ2v) is 5.71. The maximum Gasteiger partial charge on any atom is 0.111 e. The molecule has 1 aromatic carbocycles. The zero-order valence-electron chi connectivity index (χ0n) is 12.4. The van der Waals surface area contributed by atoms with Crippen LogP contribution in [-0.4, -0.2) is 58.9 Å². The second kappa shape index (κ2) is 7.87. The predicted octanol–water partition coefficient (Wildman–Crippen LogP) is 0.0788. The lowest BCUT2D eigenvalue weighted by atomic mass is 10.1. The first-order valence-corrected chi connectivity index (χ1v) is 7.51. The number of ether oxygens (including phenoxy) is 1. The molecule has 1 aliphatic heterocycles. The van der Waals surface area contributed by atoms with Gasteiger partial charge in [0.15, 0.2) is 0 Å². The average Bonchev–Trinajstić information content (AvgIpc) is 2.79. The summed E-state index contributed by atoms with van der Waals surface area (Å²) >= 11 is 0. The van der Waals surface area contributed by atoms with Crippen molar-refractivity contribution in [1.82, 2.24) is 5.32 Å². The van der Waals surface area contributed by atoms with Crippen molar-refractivity contribution in [3.63, 3.8) is 0 Å². The SMILES string of the molecule is CC(CCc1ccccc1)NC[C@H]1O[C@H](CO)[C@@H](O)[C@@H]1O. The van der Waals surface area contributed by atoms with E-state index in [4.69, 9.17) is 9.84 Å². The van der Waals surface area contributed by atoms with E-state index in [1.807, 2.05) is 18.2 Å². The normalized spacial score (nSPS) is 30.5. The molecule has 1 saturated heterocycles. The van der Waals surface area contributed by atoms with Gasteiger partial charge in [-0.25, -0.2) is 0 Å². The minimum atomic E-state index is -1.01. The number of aryl methyl sites for hydroxylation is 1. The zero-order chi connectivity index (χ0) is 15.2. The molecule has 5 atom stereocenters. The second-order valence-electron chi connectivity index (χ2n) is 5.71. The Morgan fingerprint density at radius 3 is 2.43 bits per heavy atom. The van der Waals surface area contributed by atoms with Gasteiger partial charge in [-0.3, -0.25) is 0 Å². The summed E-state index contributed by atoms with van der Waals surface area (Å²) in [6.07, 6.45) is -1.15. The van der Waals surface area contributed by atoms with Crippen molar-refractivity contribution in [2.75, 3.05) is 13.2 Å². The molecule has 2 rings (SSSR count). The largest absolute Gasteiger partial charge is 0.394 e. The zero-order valence-corrected chi connectivity index (χ0v) is 12.4. The Hall–Kier alpha value is -0.980. The monoisotopic (exact) mass is 295 g/mol. The first-order chi connectivity index (χ1) is 10.1. The van der Waals surface area contributed by atoms with Crippen LogP contribution in [0.1, 0.15) is 18.9 Å². The molecule has 1 aliphatic rings. The molecular formula is C16H25NO4. The number of hydrogen-bond acceptors (Lipinski definition) is 5. The highest BCUT2D eigenvalue weighted by atomic mass is 16.6. The predicted molar refractivity (Wildman–Crippen MR) is 80.0 cm³/mol. The van der Waals surface area contributed by atoms with Crippen molar-refractivity contribution in [1.29, 1.82) is 0 Å². The van der Waals surface area contributed by atoms with Gasteiger partial charge in [0.05, 0.1) is 12.7 Å². The molecule has 0 spiro atoms. The van der Waals surface area contributed by atoms with E-state index in [1.54, 1.807) is 0 Å². The van der Waals surface area contributed by atoms with E-state index in [9.17, 15) is 10.2 Å². The number of aliphatic hydroxyl groups excluding tert-OH is 3. The van der Waals surface area contributed by atoms with Crippen LogP contribution in [-0.2, 0) is 11.2 Å². The third kappa shape index (κ3) is 4.49. The topological polar surface area (TPSA) is 82.0 Å². The summed E-state index contributed by atoms with van der Waals surface area (Å²) in [6.45, 7) is 2.27. The minimum absolute atomic E-state index is 0.279. The van der Waals surface area contributed by atoms with Crippen molar-refractivity contribution in [3.8, 4) is 0 Å². The van der Waals surface area contributed by atoms with Gasteiger partial charge in [-0.1, -0.05) is 30.3 Å². The van der Waals surface area contributed by atoms with Crippen LogP contribution in [0.3, 0.4) is 0 Å². The van der Waals surface area contributed by atoms with Gasteiger partial charge in [-0.05, 0) is 25.3 Å². The summed E-state index contributed by atoms with van der Waals surface area (Å²) in [5, 5.41) is 31.9. The molecule has 21 heavy (non-hydrogen) atoms. The van der Waals surface area contributed by atoms with Crippen LogP contribution >= 0.6 is 0 Å². The fraction of sp³-hybridized carbons (Fsp3) is 0.625. The van der Waals surface area contributed by atoms with E-state index in [-0.39, 0.29) is 12.6 Å². The third-order valence-electron chi connectivity index (χ3n) is 4.02. The first kappa shape index (κ1) is 16.4. The quantitative estimate of drug-likeness (QED) is 0.573. The fourth-order valence-electron chi connectivity index (χ4n) is 2.59. The van der Waals surface area contributed by atoms with Gasteiger partial charge in [0.2, 0.25) is 0 Å². The van der Waals surface area contributed by atoms with Crippen LogP contribution in [0.4, 0.5) is 0 Å². The third-order valence-corrected chi connectivity index (χ3v) is 4.02. The maximum atomic E-state index is 9.85. The molecular weight excluding hydrogens is 270 g/mol. The molecule has 0 aromatic heterocycles. The highest BCUT2D eigenvalue weighted by molar-refractivity contribution is 5.14. The standard InChI is InChI=1S/C16H25NO4/c1-11(7-8-12-5-3-2-4-6-12)17-9-13-15(19)16(20)14(10-18)21-13/h2-6,11,13-20H,7-10H2,1H3/t11?,13-,14-,15-,16-/m1/s1. The smallest absolute Gasteiger partial charge is 0.111 e. The van der Waals surface area contributed by atoms with Gasteiger partial charge in [0.25, 0.3) is 0 Å². The molecule has 118 valence electrons. The molecule has 5 nitrogen and oxygen atoms in total. The Morgan fingerprint density at radius 1 is 1.14 bits per heavy atom. The number of benzene rings is 1. The highest BCUT2D eigenvalue weighted by Gasteiger charge is 2.41. The summed E-state index contributed by atoms with van der Waals surface area (Å²) in [5.41, 5.74) is 1.30. The fourth-order valence-corrected chi connectivity index (χ4v) is 2.59. The van der Waals surface area contributed by atoms with Crippen molar-refractivity contribution in [2.45, 2.75) is 50.2 Å². The molecule has 1 fully saturated rings. The Bertz CT molecular complexity index is 414. The summed E-state index contributed by atoms with van der Waals surface area (Å²) in [5.74, 6) is 0. The lowest BCUT2D eigenvalue weighted by Crippen LogP contribution is -2.40. The van der Waals surface area contributed by atoms with Crippen molar-refractivity contribution in [3.05, 3.63) is 35.9 Å². The van der Waals surface area contributed by atoms with E-state index in [0.717, 1.165) is 12.8 Å². The molecule has 4 N–H and O–H groups in total. The van der Waals surface area contributed by atoms with E-state index < -0.39 is 24.4 Å². The van der Waals surface area contributed by atoms with Crippen molar-refractivity contribution < 1.29 is 20.1 Å². The number of rotatable bonds is 7. The van der Waals surface area contributed by atoms with Gasteiger partial charge in [-0.15, -0.1) is 0 Å². The van der Waals surface area contributed by atoms with Crippen LogP contribution in [0, 0.1) is 0 Å². The van der Waals surface area contributed by atoms with Gasteiger partial charge in [0, 0.05) is 12.6 Å². The molecule has 0 radical (unpaired) electrons. The number of aliphatic hydroxyl groups is 3. The summed E-state index contributed by atoms with van der Waals surface area (Å²) in [4.78, 5) is 0. The molecule has 1 aromatic rings. The summed E-state index contributed by atoms with van der Waals surface area (Å²) < 4.78 is 5.44. The Balaban J connectivity index is 1.70. The molecule has 0 saturated carbocycles. The number of nitrogens with one attached hydrogen (secondary N) is 1. The lowest BCUT2D eigenvalue weighted by Gasteiger charge is -2.19. The van der Waals surface area contributed by atoms with Crippen LogP contribution in [0.2, 0.25) is 0 Å². The van der Waals surface area contributed by atoms with E-state index in [2.05, 4.69) is 24.4 Å². The summed E-state index contributed by atoms with van der Waals surface area (Å²) in [6, 6.07) is 10.6. The van der Waals surface area contributed by atoms with Crippen LogP contribution in [0.15, 0.2) is 30.3 Å². The van der Waals surface area contributed by atoms with Gasteiger partial charge >= 0.3 is 0 Å². The molecule has 0 amide bonds. The molecule has 1 unspecified atom stereocenters.